The lowest BCUT2D eigenvalue weighted by Crippen LogP contribution is -2.19. The highest BCUT2D eigenvalue weighted by Gasteiger charge is 2.56. The zero-order valence-electron chi connectivity index (χ0n) is 18.1. The van der Waals surface area contributed by atoms with Gasteiger partial charge in [-0.05, 0) is 54.3 Å². The van der Waals surface area contributed by atoms with Gasteiger partial charge in [0, 0.05) is 17.5 Å². The largest absolute Gasteiger partial charge is 0.495 e. The van der Waals surface area contributed by atoms with Gasteiger partial charge in [0.05, 0.1) is 29.1 Å². The van der Waals surface area contributed by atoms with Gasteiger partial charge < -0.3 is 9.26 Å². The van der Waals surface area contributed by atoms with Crippen molar-refractivity contribution < 1.29 is 30.8 Å². The van der Waals surface area contributed by atoms with Crippen LogP contribution in [0.2, 0.25) is 0 Å². The van der Waals surface area contributed by atoms with Crippen molar-refractivity contribution in [2.45, 2.75) is 23.4 Å². The maximum absolute atomic E-state index is 13.0. The number of benzene rings is 2. The number of hydrogen-bond acceptors (Lipinski definition) is 6. The first-order chi connectivity index (χ1) is 16.6. The molecule has 4 aromatic rings. The van der Waals surface area contributed by atoms with E-state index in [2.05, 4.69) is 14.4 Å². The van der Waals surface area contributed by atoms with Crippen LogP contribution in [-0.4, -0.2) is 31.4 Å². The Morgan fingerprint density at radius 1 is 1.11 bits per heavy atom. The highest BCUT2D eigenvalue weighted by molar-refractivity contribution is 7.92. The highest BCUT2D eigenvalue weighted by Crippen LogP contribution is 2.56. The molecule has 2 aromatic heterocycles. The molecular formula is C23H18F3N3O5S. The number of aromatic nitrogens is 2. The van der Waals surface area contributed by atoms with Gasteiger partial charge in [0.1, 0.15) is 12.0 Å². The molecule has 1 saturated carbocycles. The summed E-state index contributed by atoms with van der Waals surface area (Å²) in [5.41, 5.74) is 0.781. The molecule has 1 fully saturated rings. The molecule has 2 heterocycles. The van der Waals surface area contributed by atoms with Crippen LogP contribution in [-0.2, 0) is 10.0 Å². The normalized spacial score (nSPS) is 17.9. The van der Waals surface area contributed by atoms with Gasteiger partial charge in [-0.2, -0.15) is 13.2 Å². The predicted octanol–water partition coefficient (Wildman–Crippen LogP) is 4.45. The number of sulfonamides is 1. The van der Waals surface area contributed by atoms with E-state index < -0.39 is 33.6 Å². The van der Waals surface area contributed by atoms with Gasteiger partial charge in [0.25, 0.3) is 15.6 Å². The zero-order valence-corrected chi connectivity index (χ0v) is 18.9. The van der Waals surface area contributed by atoms with E-state index in [1.165, 1.54) is 66.5 Å². The van der Waals surface area contributed by atoms with E-state index in [1.54, 1.807) is 6.07 Å². The Hall–Kier alpha value is -3.80. The molecule has 0 amide bonds. The second-order valence-electron chi connectivity index (χ2n) is 8.14. The van der Waals surface area contributed by atoms with Crippen LogP contribution in [0.15, 0.2) is 75.1 Å². The number of pyridine rings is 1. The van der Waals surface area contributed by atoms with Crippen molar-refractivity contribution in [3.8, 4) is 11.4 Å². The number of fused-ring (bicyclic) bond motifs is 1. The van der Waals surface area contributed by atoms with Crippen molar-refractivity contribution >= 4 is 26.7 Å². The quantitative estimate of drug-likeness (QED) is 0.415. The molecule has 0 radical (unpaired) electrons. The van der Waals surface area contributed by atoms with Crippen LogP contribution < -0.4 is 15.0 Å². The summed E-state index contributed by atoms with van der Waals surface area (Å²) < 4.78 is 78.1. The smallest absolute Gasteiger partial charge is 0.392 e. The molecule has 182 valence electrons. The fraction of sp³-hybridized carbons (Fsp3) is 0.217. The van der Waals surface area contributed by atoms with Gasteiger partial charge in [-0.1, -0.05) is 11.2 Å². The van der Waals surface area contributed by atoms with E-state index in [-0.39, 0.29) is 22.9 Å². The first kappa shape index (κ1) is 23.0. The molecule has 0 spiro atoms. The van der Waals surface area contributed by atoms with Crippen LogP contribution in [0, 0.1) is 5.92 Å². The second-order valence-corrected chi connectivity index (χ2v) is 9.82. The van der Waals surface area contributed by atoms with E-state index >= 15 is 0 Å². The van der Waals surface area contributed by atoms with Crippen LogP contribution in [0.25, 0.3) is 16.6 Å². The second kappa shape index (κ2) is 8.15. The number of rotatable bonds is 6. The third-order valence-electron chi connectivity index (χ3n) is 5.94. The number of hydrogen-bond donors (Lipinski definition) is 1. The summed E-state index contributed by atoms with van der Waals surface area (Å²) in [6.07, 6.45) is -3.02. The summed E-state index contributed by atoms with van der Waals surface area (Å²) in [7, 11) is -2.61. The lowest BCUT2D eigenvalue weighted by Gasteiger charge is -2.16. The van der Waals surface area contributed by atoms with Gasteiger partial charge in [-0.15, -0.1) is 0 Å². The maximum Gasteiger partial charge on any atom is 0.392 e. The van der Waals surface area contributed by atoms with Crippen LogP contribution in [0.3, 0.4) is 0 Å². The lowest BCUT2D eigenvalue weighted by molar-refractivity contribution is -0.148. The molecule has 1 aliphatic carbocycles. The average molecular weight is 505 g/mol. The number of alkyl halides is 3. The van der Waals surface area contributed by atoms with Gasteiger partial charge >= 0.3 is 6.18 Å². The fourth-order valence-corrected chi connectivity index (χ4v) is 5.16. The Bertz CT molecular complexity index is 1580. The molecule has 8 nitrogen and oxygen atoms in total. The number of nitrogens with zero attached hydrogens (tertiary/aromatic N) is 2. The summed E-state index contributed by atoms with van der Waals surface area (Å²) >= 11 is 0. The monoisotopic (exact) mass is 505 g/mol. The number of ether oxygens (including phenoxy) is 1. The molecule has 12 heteroatoms. The molecule has 2 atom stereocenters. The minimum Gasteiger partial charge on any atom is -0.495 e. The van der Waals surface area contributed by atoms with E-state index in [9.17, 15) is 26.4 Å². The molecule has 5 rings (SSSR count). The summed E-state index contributed by atoms with van der Waals surface area (Å²) in [6.45, 7) is 0. The Morgan fingerprint density at radius 2 is 1.91 bits per heavy atom. The van der Waals surface area contributed by atoms with Crippen LogP contribution in [0.5, 0.6) is 5.75 Å². The topological polar surface area (TPSA) is 103 Å². The van der Waals surface area contributed by atoms with E-state index in [0.717, 1.165) is 0 Å². The standard InChI is InChI=1S/C23H18F3N3O5S/c1-33-20-11-13(16-12-17(16)23(24,25)26)2-5-19(20)29-18-6-4-15(10-14(18)3-7-22(29)30)35(31,32)28-21-8-9-34-27-21/h2-11,16-17H,12H2,1H3,(H,27,28)/t16-,17+/m0/s1. The summed E-state index contributed by atoms with van der Waals surface area (Å²) in [5, 5.41) is 3.97. The van der Waals surface area contributed by atoms with Crippen molar-refractivity contribution in [2.24, 2.45) is 5.92 Å². The maximum atomic E-state index is 13.0. The minimum atomic E-state index is -4.26. The molecule has 0 bridgehead atoms. The molecule has 0 aliphatic heterocycles. The predicted molar refractivity (Wildman–Crippen MR) is 120 cm³/mol. The molecule has 1 aliphatic rings. The van der Waals surface area contributed by atoms with E-state index in [4.69, 9.17) is 4.74 Å². The number of anilines is 1. The summed E-state index contributed by atoms with van der Waals surface area (Å²) in [5.74, 6) is -1.78. The molecule has 35 heavy (non-hydrogen) atoms. The van der Waals surface area contributed by atoms with Crippen molar-refractivity contribution in [2.75, 3.05) is 11.8 Å². The van der Waals surface area contributed by atoms with Gasteiger partial charge in [-0.25, -0.2) is 8.42 Å². The first-order valence-corrected chi connectivity index (χ1v) is 11.9. The minimum absolute atomic E-state index is 0.0137. The molecular weight excluding hydrogens is 487 g/mol. The molecule has 1 N–H and O–H groups in total. The summed E-state index contributed by atoms with van der Waals surface area (Å²) in [6, 6.07) is 12.9. The molecule has 0 saturated heterocycles. The zero-order chi connectivity index (χ0) is 25.0. The lowest BCUT2D eigenvalue weighted by atomic mass is 10.1. The number of halogens is 3. The Labute approximate surface area is 197 Å². The van der Waals surface area contributed by atoms with Crippen LogP contribution >= 0.6 is 0 Å². The van der Waals surface area contributed by atoms with Gasteiger partial charge in [-0.3, -0.25) is 14.1 Å². The van der Waals surface area contributed by atoms with Gasteiger partial charge in [0.2, 0.25) is 0 Å². The van der Waals surface area contributed by atoms with Crippen molar-refractivity contribution in [1.29, 1.82) is 0 Å². The van der Waals surface area contributed by atoms with E-state index in [1.807, 2.05) is 0 Å². The number of nitrogens with one attached hydrogen (secondary N) is 1. The van der Waals surface area contributed by atoms with Gasteiger partial charge in [0.15, 0.2) is 5.82 Å². The SMILES string of the molecule is COc1cc([C@@H]2C[C@H]2C(F)(F)F)ccc1-n1c(=O)ccc2cc(S(=O)(=O)Nc3ccon3)ccc21. The van der Waals surface area contributed by atoms with Crippen molar-refractivity contribution in [3.05, 3.63) is 76.8 Å². The first-order valence-electron chi connectivity index (χ1n) is 10.4. The fourth-order valence-electron chi connectivity index (χ4n) is 4.14. The highest BCUT2D eigenvalue weighted by atomic mass is 32.2. The Morgan fingerprint density at radius 3 is 2.57 bits per heavy atom. The van der Waals surface area contributed by atoms with E-state index in [0.29, 0.717) is 22.2 Å². The Kier molecular flexibility index (Phi) is 5.35. The third kappa shape index (κ3) is 4.25. The Balaban J connectivity index is 1.56. The third-order valence-corrected chi connectivity index (χ3v) is 7.29. The van der Waals surface area contributed by atoms with Crippen LogP contribution in [0.4, 0.5) is 19.0 Å². The number of methoxy groups -OCH3 is 1. The van der Waals surface area contributed by atoms with Crippen molar-refractivity contribution in [1.82, 2.24) is 9.72 Å². The van der Waals surface area contributed by atoms with Crippen LogP contribution in [0.1, 0.15) is 17.9 Å². The molecule has 2 aromatic carbocycles. The summed E-state index contributed by atoms with van der Waals surface area (Å²) in [4.78, 5) is 12.8. The average Bonchev–Trinajstić information content (AvgIpc) is 3.49. The molecule has 0 unspecified atom stereocenters. The van der Waals surface area contributed by atoms with Crippen molar-refractivity contribution in [3.63, 3.8) is 0 Å².